The number of hydrogen-bond acceptors (Lipinski definition) is 2. The molecular formula is C12H14BrFN2O. The number of nitrogens with one attached hydrogen (secondary N) is 2. The van der Waals surface area contributed by atoms with Crippen LogP contribution in [0.3, 0.4) is 0 Å². The molecule has 1 atom stereocenters. The van der Waals surface area contributed by atoms with Gasteiger partial charge in [-0.3, -0.25) is 4.79 Å². The summed E-state index contributed by atoms with van der Waals surface area (Å²) in [6, 6.07) is 4.39. The largest absolute Gasteiger partial charge is 0.346 e. The maximum Gasteiger partial charge on any atom is 0.251 e. The number of benzene rings is 1. The topological polar surface area (TPSA) is 41.1 Å². The number of halogens is 2. The molecule has 1 amide bonds. The maximum absolute atomic E-state index is 13.3. The smallest absolute Gasteiger partial charge is 0.251 e. The second-order valence-corrected chi connectivity index (χ2v) is 5.42. The van der Waals surface area contributed by atoms with Gasteiger partial charge in [0.15, 0.2) is 0 Å². The first kappa shape index (κ1) is 12.5. The lowest BCUT2D eigenvalue weighted by molar-refractivity contribution is 0.0912. The molecule has 3 nitrogen and oxygen atoms in total. The van der Waals surface area contributed by atoms with Crippen molar-refractivity contribution < 1.29 is 9.18 Å². The molecule has 1 aliphatic rings. The third-order valence-electron chi connectivity index (χ3n) is 2.97. The fraction of sp³-hybridized carbons (Fsp3) is 0.417. The van der Waals surface area contributed by atoms with Crippen LogP contribution in [0.15, 0.2) is 22.7 Å². The standard InChI is InChI=1S/C12H14BrFN2O/c1-12(4-5-15-7-12)16-11(17)8-2-3-9(13)10(14)6-8/h2-3,6,15H,4-5,7H2,1H3,(H,16,17). The predicted molar refractivity (Wildman–Crippen MR) is 67.5 cm³/mol. The van der Waals surface area contributed by atoms with Crippen molar-refractivity contribution in [3.63, 3.8) is 0 Å². The number of amides is 1. The molecule has 1 aliphatic heterocycles. The van der Waals surface area contributed by atoms with E-state index in [4.69, 9.17) is 0 Å². The zero-order valence-electron chi connectivity index (χ0n) is 9.52. The van der Waals surface area contributed by atoms with Crippen molar-refractivity contribution in [2.45, 2.75) is 18.9 Å². The van der Waals surface area contributed by atoms with E-state index in [0.29, 0.717) is 10.0 Å². The third-order valence-corrected chi connectivity index (χ3v) is 3.61. The van der Waals surface area contributed by atoms with Crippen LogP contribution in [-0.4, -0.2) is 24.5 Å². The molecule has 2 rings (SSSR count). The number of carbonyl (C=O) groups excluding carboxylic acids is 1. The van der Waals surface area contributed by atoms with Gasteiger partial charge in [-0.15, -0.1) is 0 Å². The van der Waals surface area contributed by atoms with Crippen molar-refractivity contribution in [2.75, 3.05) is 13.1 Å². The molecule has 0 aromatic heterocycles. The Morgan fingerprint density at radius 2 is 2.35 bits per heavy atom. The first-order valence-corrected chi connectivity index (χ1v) is 6.28. The Hall–Kier alpha value is -0.940. The van der Waals surface area contributed by atoms with Gasteiger partial charge in [-0.2, -0.15) is 0 Å². The highest BCUT2D eigenvalue weighted by Crippen LogP contribution is 2.18. The predicted octanol–water partition coefficient (Wildman–Crippen LogP) is 2.07. The minimum absolute atomic E-state index is 0.234. The van der Waals surface area contributed by atoms with Gasteiger partial charge in [-0.25, -0.2) is 4.39 Å². The zero-order valence-corrected chi connectivity index (χ0v) is 11.1. The Balaban J connectivity index is 2.11. The van der Waals surface area contributed by atoms with Crippen molar-refractivity contribution in [2.24, 2.45) is 0 Å². The van der Waals surface area contributed by atoms with Gasteiger partial charge in [0.05, 0.1) is 10.0 Å². The number of hydrogen-bond donors (Lipinski definition) is 2. The molecule has 0 aliphatic carbocycles. The molecular weight excluding hydrogens is 287 g/mol. The molecule has 1 fully saturated rings. The van der Waals surface area contributed by atoms with Gasteiger partial charge in [0.25, 0.3) is 5.91 Å². The molecule has 0 saturated carbocycles. The van der Waals surface area contributed by atoms with E-state index >= 15 is 0 Å². The third kappa shape index (κ3) is 2.84. The van der Waals surface area contributed by atoms with Crippen LogP contribution >= 0.6 is 15.9 Å². The van der Waals surface area contributed by atoms with Crippen LogP contribution in [-0.2, 0) is 0 Å². The molecule has 0 bridgehead atoms. The average molecular weight is 301 g/mol. The maximum atomic E-state index is 13.3. The number of carbonyl (C=O) groups is 1. The molecule has 5 heteroatoms. The minimum atomic E-state index is -0.424. The molecule has 2 N–H and O–H groups in total. The zero-order chi connectivity index (χ0) is 12.5. The lowest BCUT2D eigenvalue weighted by Gasteiger charge is -2.24. The highest BCUT2D eigenvalue weighted by atomic mass is 79.9. The van der Waals surface area contributed by atoms with E-state index < -0.39 is 5.82 Å². The molecule has 92 valence electrons. The summed E-state index contributed by atoms with van der Waals surface area (Å²) in [6.07, 6.45) is 0.887. The van der Waals surface area contributed by atoms with Crippen molar-refractivity contribution in [1.29, 1.82) is 0 Å². The lowest BCUT2D eigenvalue weighted by atomic mass is 10.0. The molecule has 0 spiro atoms. The van der Waals surface area contributed by atoms with Crippen molar-refractivity contribution >= 4 is 21.8 Å². The fourth-order valence-electron chi connectivity index (χ4n) is 1.91. The minimum Gasteiger partial charge on any atom is -0.346 e. The number of rotatable bonds is 2. The van der Waals surface area contributed by atoms with Crippen LogP contribution in [0.5, 0.6) is 0 Å². The molecule has 1 aromatic rings. The second-order valence-electron chi connectivity index (χ2n) is 4.57. The van der Waals surface area contributed by atoms with E-state index in [1.54, 1.807) is 12.1 Å². The summed E-state index contributed by atoms with van der Waals surface area (Å²) in [5.41, 5.74) is 0.111. The Bertz CT molecular complexity index is 444. The van der Waals surface area contributed by atoms with E-state index in [1.165, 1.54) is 6.07 Å². The van der Waals surface area contributed by atoms with Gasteiger partial charge in [-0.1, -0.05) is 0 Å². The van der Waals surface area contributed by atoms with Gasteiger partial charge in [0, 0.05) is 12.1 Å². The van der Waals surface area contributed by atoms with Crippen molar-refractivity contribution in [3.05, 3.63) is 34.1 Å². The highest BCUT2D eigenvalue weighted by molar-refractivity contribution is 9.10. The molecule has 1 saturated heterocycles. The summed E-state index contributed by atoms with van der Waals surface area (Å²) in [6.45, 7) is 3.63. The van der Waals surface area contributed by atoms with E-state index in [2.05, 4.69) is 26.6 Å². The van der Waals surface area contributed by atoms with Crippen molar-refractivity contribution in [1.82, 2.24) is 10.6 Å². The first-order chi connectivity index (χ1) is 8.00. The lowest BCUT2D eigenvalue weighted by Crippen LogP contribution is -2.47. The van der Waals surface area contributed by atoms with E-state index in [9.17, 15) is 9.18 Å². The summed E-state index contributed by atoms with van der Waals surface area (Å²) in [5.74, 6) is -0.657. The van der Waals surface area contributed by atoms with E-state index in [1.807, 2.05) is 6.92 Å². The van der Waals surface area contributed by atoms with Crippen molar-refractivity contribution in [3.8, 4) is 0 Å². The summed E-state index contributed by atoms with van der Waals surface area (Å²) in [5, 5.41) is 6.13. The molecule has 1 aromatic carbocycles. The van der Waals surface area contributed by atoms with Gasteiger partial charge in [0.2, 0.25) is 0 Å². The molecule has 17 heavy (non-hydrogen) atoms. The summed E-state index contributed by atoms with van der Waals surface area (Å²) in [4.78, 5) is 11.9. The van der Waals surface area contributed by atoms with Crippen LogP contribution < -0.4 is 10.6 Å². The van der Waals surface area contributed by atoms with Crippen LogP contribution in [0.2, 0.25) is 0 Å². The Kier molecular flexibility index (Phi) is 3.49. The average Bonchev–Trinajstić information content (AvgIpc) is 2.69. The molecule has 1 unspecified atom stereocenters. The summed E-state index contributed by atoms with van der Waals surface area (Å²) >= 11 is 3.06. The normalized spacial score (nSPS) is 23.7. The Morgan fingerprint density at radius 3 is 2.94 bits per heavy atom. The monoisotopic (exact) mass is 300 g/mol. The van der Waals surface area contributed by atoms with Crippen LogP contribution in [0.4, 0.5) is 4.39 Å². The Labute approximate surface area is 108 Å². The van der Waals surface area contributed by atoms with Gasteiger partial charge < -0.3 is 10.6 Å². The van der Waals surface area contributed by atoms with Crippen LogP contribution in [0.25, 0.3) is 0 Å². The van der Waals surface area contributed by atoms with Crippen LogP contribution in [0.1, 0.15) is 23.7 Å². The highest BCUT2D eigenvalue weighted by Gasteiger charge is 2.30. The Morgan fingerprint density at radius 1 is 1.59 bits per heavy atom. The van der Waals surface area contributed by atoms with E-state index in [0.717, 1.165) is 19.5 Å². The first-order valence-electron chi connectivity index (χ1n) is 5.48. The SMILES string of the molecule is CC1(NC(=O)c2ccc(Br)c(F)c2)CCNC1. The van der Waals surface area contributed by atoms with Gasteiger partial charge in [-0.05, 0) is 54.0 Å². The van der Waals surface area contributed by atoms with E-state index in [-0.39, 0.29) is 11.4 Å². The summed E-state index contributed by atoms with van der Waals surface area (Å²) < 4.78 is 13.7. The van der Waals surface area contributed by atoms with Gasteiger partial charge in [0.1, 0.15) is 5.82 Å². The van der Waals surface area contributed by atoms with Crippen LogP contribution in [0, 0.1) is 5.82 Å². The summed E-state index contributed by atoms with van der Waals surface area (Å²) in [7, 11) is 0. The quantitative estimate of drug-likeness (QED) is 0.878. The molecule has 1 heterocycles. The fourth-order valence-corrected chi connectivity index (χ4v) is 2.15. The second kappa shape index (κ2) is 4.74. The molecule has 0 radical (unpaired) electrons. The van der Waals surface area contributed by atoms with Gasteiger partial charge >= 0.3 is 0 Å².